The van der Waals surface area contributed by atoms with Gasteiger partial charge in [0.05, 0.1) is 29.9 Å². The second kappa shape index (κ2) is 7.68. The first-order valence-corrected chi connectivity index (χ1v) is 8.73. The minimum absolute atomic E-state index is 0.0116. The second-order valence-corrected chi connectivity index (χ2v) is 6.67. The monoisotopic (exact) mass is 362 g/mol. The van der Waals surface area contributed by atoms with Crippen molar-refractivity contribution in [3.63, 3.8) is 0 Å². The molecule has 0 saturated carbocycles. The molecule has 132 valence electrons. The molecule has 3 rings (SSSR count). The van der Waals surface area contributed by atoms with Gasteiger partial charge >= 0.3 is 0 Å². The topological polar surface area (TPSA) is 97.6 Å². The summed E-state index contributed by atoms with van der Waals surface area (Å²) in [6.07, 6.45) is 0.127. The van der Waals surface area contributed by atoms with Crippen LogP contribution in [0.25, 0.3) is 11.3 Å². The van der Waals surface area contributed by atoms with Crippen LogP contribution in [0.15, 0.2) is 29.6 Å². The molecule has 0 aliphatic carbocycles. The number of morpholine rings is 1. The number of benzene rings is 1. The average molecular weight is 362 g/mol. The van der Waals surface area contributed by atoms with Crippen molar-refractivity contribution < 1.29 is 14.5 Å². The van der Waals surface area contributed by atoms with Crippen molar-refractivity contribution in [1.82, 2.24) is 9.88 Å². The summed E-state index contributed by atoms with van der Waals surface area (Å²) in [5.41, 5.74) is 1.26. The third-order valence-corrected chi connectivity index (χ3v) is 4.55. The molecule has 1 aromatic carbocycles. The van der Waals surface area contributed by atoms with Crippen LogP contribution in [0.3, 0.4) is 0 Å². The van der Waals surface area contributed by atoms with Crippen molar-refractivity contribution in [3.8, 4) is 11.3 Å². The summed E-state index contributed by atoms with van der Waals surface area (Å²) in [7, 11) is 0. The number of carbonyl (C=O) groups excluding carboxylic acids is 1. The van der Waals surface area contributed by atoms with Crippen molar-refractivity contribution in [2.75, 3.05) is 31.6 Å². The molecule has 2 heterocycles. The molecule has 1 aliphatic rings. The Balaban J connectivity index is 1.62. The van der Waals surface area contributed by atoms with E-state index in [1.807, 2.05) is 11.8 Å². The number of nitrogens with one attached hydrogen (secondary N) is 1. The Hall–Kier alpha value is -2.36. The summed E-state index contributed by atoms with van der Waals surface area (Å²) < 4.78 is 5.46. The number of nitro groups is 1. The van der Waals surface area contributed by atoms with Gasteiger partial charge in [0.2, 0.25) is 5.91 Å². The van der Waals surface area contributed by atoms with Gasteiger partial charge in [-0.25, -0.2) is 4.98 Å². The highest BCUT2D eigenvalue weighted by Gasteiger charge is 2.19. The number of anilines is 1. The quantitative estimate of drug-likeness (QED) is 0.648. The van der Waals surface area contributed by atoms with Crippen LogP contribution < -0.4 is 5.32 Å². The van der Waals surface area contributed by atoms with Crippen LogP contribution in [0.5, 0.6) is 0 Å². The Bertz CT molecular complexity index is 779. The van der Waals surface area contributed by atoms with E-state index in [0.717, 1.165) is 13.1 Å². The number of rotatable bonds is 5. The molecular formula is C16H18N4O4S. The number of non-ortho nitro benzene ring substituents is 1. The predicted octanol–water partition coefficient (Wildman–Crippen LogP) is 2.38. The molecule has 25 heavy (non-hydrogen) atoms. The van der Waals surface area contributed by atoms with Crippen molar-refractivity contribution in [2.24, 2.45) is 0 Å². The first-order valence-electron chi connectivity index (χ1n) is 7.85. The van der Waals surface area contributed by atoms with Gasteiger partial charge in [-0.1, -0.05) is 12.1 Å². The molecular weight excluding hydrogens is 344 g/mol. The van der Waals surface area contributed by atoms with E-state index in [9.17, 15) is 14.9 Å². The number of hydrogen-bond donors (Lipinski definition) is 1. The van der Waals surface area contributed by atoms with Crippen LogP contribution in [0, 0.1) is 10.1 Å². The largest absolute Gasteiger partial charge is 0.376 e. The summed E-state index contributed by atoms with van der Waals surface area (Å²) in [4.78, 5) is 29.0. The summed E-state index contributed by atoms with van der Waals surface area (Å²) in [6, 6.07) is 6.27. The maximum Gasteiger partial charge on any atom is 0.270 e. The Morgan fingerprint density at radius 1 is 1.56 bits per heavy atom. The minimum atomic E-state index is -0.443. The number of nitrogens with zero attached hydrogens (tertiary/aromatic N) is 3. The molecule has 0 unspecified atom stereocenters. The number of thiazole rings is 1. The third-order valence-electron chi connectivity index (χ3n) is 3.80. The van der Waals surface area contributed by atoms with Gasteiger partial charge in [-0.15, -0.1) is 11.3 Å². The Kier molecular flexibility index (Phi) is 5.37. The van der Waals surface area contributed by atoms with Crippen molar-refractivity contribution in [1.29, 1.82) is 0 Å². The van der Waals surface area contributed by atoms with Gasteiger partial charge in [0.1, 0.15) is 0 Å². The zero-order valence-electron chi connectivity index (χ0n) is 13.7. The normalized spacial score (nSPS) is 18.0. The smallest absolute Gasteiger partial charge is 0.270 e. The Labute approximate surface area is 148 Å². The maximum atomic E-state index is 12.2. The Morgan fingerprint density at radius 3 is 3.16 bits per heavy atom. The van der Waals surface area contributed by atoms with Gasteiger partial charge in [0, 0.05) is 36.2 Å². The van der Waals surface area contributed by atoms with Crippen LogP contribution in [0.4, 0.5) is 10.8 Å². The first kappa shape index (κ1) is 17.5. The van der Waals surface area contributed by atoms with E-state index in [4.69, 9.17) is 4.74 Å². The van der Waals surface area contributed by atoms with E-state index in [2.05, 4.69) is 10.3 Å². The predicted molar refractivity (Wildman–Crippen MR) is 94.7 cm³/mol. The number of aromatic nitrogens is 1. The molecule has 0 spiro atoms. The minimum Gasteiger partial charge on any atom is -0.376 e. The lowest BCUT2D eigenvalue weighted by atomic mass is 10.1. The molecule has 9 heteroatoms. The zero-order valence-corrected chi connectivity index (χ0v) is 14.5. The summed E-state index contributed by atoms with van der Waals surface area (Å²) in [6.45, 7) is 4.36. The van der Waals surface area contributed by atoms with Crippen LogP contribution in [-0.2, 0) is 9.53 Å². The standard InChI is InChI=1S/C16H18N4O4S/c1-11-8-19(5-6-24-11)9-15(21)18-16-17-14(10-25-16)12-3-2-4-13(7-12)20(22)23/h2-4,7,10-11H,5-6,8-9H2,1H3,(H,17,18,21)/t11-/m1/s1. The summed E-state index contributed by atoms with van der Waals surface area (Å²) in [5, 5.41) is 15.9. The molecule has 1 aliphatic heterocycles. The summed E-state index contributed by atoms with van der Waals surface area (Å²) in [5.74, 6) is -0.131. The fraction of sp³-hybridized carbons (Fsp3) is 0.375. The van der Waals surface area contributed by atoms with E-state index >= 15 is 0 Å². The molecule has 1 saturated heterocycles. The second-order valence-electron chi connectivity index (χ2n) is 5.81. The highest BCUT2D eigenvalue weighted by atomic mass is 32.1. The Morgan fingerprint density at radius 2 is 2.40 bits per heavy atom. The maximum absolute atomic E-state index is 12.2. The lowest BCUT2D eigenvalue weighted by Crippen LogP contribution is -2.44. The third kappa shape index (κ3) is 4.59. The van der Waals surface area contributed by atoms with Gasteiger partial charge in [-0.3, -0.25) is 19.8 Å². The van der Waals surface area contributed by atoms with E-state index in [1.165, 1.54) is 23.5 Å². The number of carbonyl (C=O) groups is 1. The molecule has 1 atom stereocenters. The highest BCUT2D eigenvalue weighted by molar-refractivity contribution is 7.14. The van der Waals surface area contributed by atoms with Crippen LogP contribution in [0.1, 0.15) is 6.92 Å². The van der Waals surface area contributed by atoms with Gasteiger partial charge in [-0.2, -0.15) is 0 Å². The highest BCUT2D eigenvalue weighted by Crippen LogP contribution is 2.27. The van der Waals surface area contributed by atoms with Crippen LogP contribution in [0.2, 0.25) is 0 Å². The molecule has 1 aromatic heterocycles. The van der Waals surface area contributed by atoms with Crippen LogP contribution in [-0.4, -0.2) is 53.1 Å². The van der Waals surface area contributed by atoms with Crippen molar-refractivity contribution >= 4 is 28.1 Å². The van der Waals surface area contributed by atoms with E-state index in [1.54, 1.807) is 17.5 Å². The number of ether oxygens (including phenoxy) is 1. The molecule has 1 fully saturated rings. The van der Waals surface area contributed by atoms with E-state index < -0.39 is 4.92 Å². The fourth-order valence-corrected chi connectivity index (χ4v) is 3.37. The van der Waals surface area contributed by atoms with Crippen molar-refractivity contribution in [2.45, 2.75) is 13.0 Å². The SMILES string of the molecule is C[C@@H]1CN(CC(=O)Nc2nc(-c3cccc([N+](=O)[O-])c3)cs2)CCO1. The molecule has 1 amide bonds. The molecule has 2 aromatic rings. The van der Waals surface area contributed by atoms with Crippen LogP contribution >= 0.6 is 11.3 Å². The number of hydrogen-bond acceptors (Lipinski definition) is 7. The first-order chi connectivity index (χ1) is 12.0. The fourth-order valence-electron chi connectivity index (χ4n) is 2.64. The lowest BCUT2D eigenvalue weighted by molar-refractivity contribution is -0.384. The molecule has 0 bridgehead atoms. The van der Waals surface area contributed by atoms with Gasteiger partial charge < -0.3 is 10.1 Å². The molecule has 8 nitrogen and oxygen atoms in total. The summed E-state index contributed by atoms with van der Waals surface area (Å²) >= 11 is 1.29. The molecule has 0 radical (unpaired) electrons. The van der Waals surface area contributed by atoms with Gasteiger partial charge in [0.15, 0.2) is 5.13 Å². The van der Waals surface area contributed by atoms with Crippen molar-refractivity contribution in [3.05, 3.63) is 39.8 Å². The number of nitro benzene ring substituents is 1. The van der Waals surface area contributed by atoms with E-state index in [0.29, 0.717) is 29.5 Å². The van der Waals surface area contributed by atoms with Gasteiger partial charge in [-0.05, 0) is 6.92 Å². The number of amides is 1. The molecule has 1 N–H and O–H groups in total. The lowest BCUT2D eigenvalue weighted by Gasteiger charge is -2.30. The van der Waals surface area contributed by atoms with Gasteiger partial charge in [0.25, 0.3) is 5.69 Å². The average Bonchev–Trinajstić information content (AvgIpc) is 3.03. The van der Waals surface area contributed by atoms with E-state index in [-0.39, 0.29) is 17.7 Å². The zero-order chi connectivity index (χ0) is 17.8.